The molecule has 12 heavy (non-hydrogen) atoms. The smallest absolute Gasteiger partial charge is 0.155 e. The van der Waals surface area contributed by atoms with Crippen LogP contribution in [0.2, 0.25) is 0 Å². The van der Waals surface area contributed by atoms with E-state index in [0.717, 1.165) is 19.3 Å². The van der Waals surface area contributed by atoms with Crippen LogP contribution in [-0.4, -0.2) is 5.78 Å². The van der Waals surface area contributed by atoms with Gasteiger partial charge in [-0.1, -0.05) is 25.2 Å². The Balaban J connectivity index is 2.24. The van der Waals surface area contributed by atoms with Crippen molar-refractivity contribution in [2.75, 3.05) is 0 Å². The predicted octanol–water partition coefficient (Wildman–Crippen LogP) is 2.49. The lowest BCUT2D eigenvalue weighted by molar-refractivity contribution is -0.115. The van der Waals surface area contributed by atoms with Gasteiger partial charge in [0.2, 0.25) is 0 Å². The molecule has 0 radical (unpaired) electrons. The molecule has 1 nitrogen and oxygen atoms in total. The van der Waals surface area contributed by atoms with Gasteiger partial charge >= 0.3 is 0 Å². The molecule has 0 aromatic heterocycles. The molecule has 0 bridgehead atoms. The summed E-state index contributed by atoms with van der Waals surface area (Å²) in [7, 11) is 0. The van der Waals surface area contributed by atoms with Crippen LogP contribution in [0.15, 0.2) is 24.3 Å². The normalized spacial score (nSPS) is 39.8. The van der Waals surface area contributed by atoms with Gasteiger partial charge in [-0.05, 0) is 30.3 Å². The van der Waals surface area contributed by atoms with Crippen LogP contribution >= 0.6 is 0 Å². The molecular formula is C11H14O. The lowest BCUT2D eigenvalue weighted by Gasteiger charge is -2.32. The van der Waals surface area contributed by atoms with Gasteiger partial charge < -0.3 is 0 Å². The summed E-state index contributed by atoms with van der Waals surface area (Å²) in [5, 5.41) is 0. The van der Waals surface area contributed by atoms with Crippen LogP contribution in [0.25, 0.3) is 0 Å². The number of ketones is 1. The molecular weight excluding hydrogens is 148 g/mol. The van der Waals surface area contributed by atoms with E-state index in [1.807, 2.05) is 0 Å². The summed E-state index contributed by atoms with van der Waals surface area (Å²) in [6, 6.07) is 0. The molecule has 0 heterocycles. The van der Waals surface area contributed by atoms with Crippen molar-refractivity contribution in [1.29, 1.82) is 0 Å². The fourth-order valence-electron chi connectivity index (χ4n) is 2.20. The van der Waals surface area contributed by atoms with Crippen molar-refractivity contribution in [1.82, 2.24) is 0 Å². The topological polar surface area (TPSA) is 17.1 Å². The van der Waals surface area contributed by atoms with Crippen molar-refractivity contribution in [2.45, 2.75) is 26.2 Å². The molecule has 0 aromatic carbocycles. The van der Waals surface area contributed by atoms with E-state index in [9.17, 15) is 4.79 Å². The van der Waals surface area contributed by atoms with Gasteiger partial charge in [0.1, 0.15) is 0 Å². The Morgan fingerprint density at radius 3 is 2.92 bits per heavy atom. The van der Waals surface area contributed by atoms with E-state index in [1.165, 1.54) is 0 Å². The third-order valence-corrected chi connectivity index (χ3v) is 3.27. The van der Waals surface area contributed by atoms with Crippen molar-refractivity contribution >= 4 is 5.78 Å². The van der Waals surface area contributed by atoms with E-state index >= 15 is 0 Å². The first-order valence-electron chi connectivity index (χ1n) is 4.62. The van der Waals surface area contributed by atoms with Crippen molar-refractivity contribution < 1.29 is 4.79 Å². The molecule has 1 heteroatoms. The van der Waals surface area contributed by atoms with Gasteiger partial charge in [0.15, 0.2) is 5.78 Å². The number of allylic oxidation sites excluding steroid dienone is 4. The minimum Gasteiger partial charge on any atom is -0.295 e. The predicted molar refractivity (Wildman–Crippen MR) is 48.7 cm³/mol. The van der Waals surface area contributed by atoms with Gasteiger partial charge in [0.25, 0.3) is 0 Å². The lowest BCUT2D eigenvalue weighted by atomic mass is 9.71. The van der Waals surface area contributed by atoms with Crippen LogP contribution in [0.1, 0.15) is 26.2 Å². The monoisotopic (exact) mass is 162 g/mol. The van der Waals surface area contributed by atoms with Crippen LogP contribution in [0, 0.1) is 11.3 Å². The van der Waals surface area contributed by atoms with Gasteiger partial charge in [-0.3, -0.25) is 4.79 Å². The highest BCUT2D eigenvalue weighted by atomic mass is 16.1. The maximum atomic E-state index is 11.0. The van der Waals surface area contributed by atoms with Crippen molar-refractivity contribution in [3.8, 4) is 0 Å². The molecule has 0 saturated carbocycles. The van der Waals surface area contributed by atoms with E-state index in [2.05, 4.69) is 25.2 Å². The Morgan fingerprint density at radius 2 is 2.42 bits per heavy atom. The van der Waals surface area contributed by atoms with Crippen molar-refractivity contribution in [3.63, 3.8) is 0 Å². The third-order valence-electron chi connectivity index (χ3n) is 3.27. The molecule has 0 aromatic rings. The van der Waals surface area contributed by atoms with Crippen LogP contribution in [0.5, 0.6) is 0 Å². The van der Waals surface area contributed by atoms with Crippen molar-refractivity contribution in [3.05, 3.63) is 24.3 Å². The molecule has 2 aliphatic rings. The highest BCUT2D eigenvalue weighted by Crippen LogP contribution is 2.45. The summed E-state index contributed by atoms with van der Waals surface area (Å²) in [5.41, 5.74) is 0.300. The Labute approximate surface area is 73.2 Å². The molecule has 2 atom stereocenters. The minimum absolute atomic E-state index is 0.291. The summed E-state index contributed by atoms with van der Waals surface area (Å²) in [6.45, 7) is 2.24. The van der Waals surface area contributed by atoms with E-state index in [0.29, 0.717) is 17.1 Å². The van der Waals surface area contributed by atoms with E-state index in [4.69, 9.17) is 0 Å². The second kappa shape index (κ2) is 2.58. The Hall–Kier alpha value is -0.850. The fraction of sp³-hybridized carbons (Fsp3) is 0.545. The molecule has 1 spiro atoms. The quantitative estimate of drug-likeness (QED) is 0.500. The summed E-state index contributed by atoms with van der Waals surface area (Å²) in [4.78, 5) is 11.0. The first-order chi connectivity index (χ1) is 5.73. The largest absolute Gasteiger partial charge is 0.295 e. The number of hydrogen-bond acceptors (Lipinski definition) is 1. The zero-order valence-electron chi connectivity index (χ0n) is 7.42. The van der Waals surface area contributed by atoms with Crippen LogP contribution in [-0.2, 0) is 4.79 Å². The Bertz CT molecular complexity index is 262. The van der Waals surface area contributed by atoms with Gasteiger partial charge in [0, 0.05) is 6.42 Å². The average molecular weight is 162 g/mol. The highest BCUT2D eigenvalue weighted by Gasteiger charge is 2.36. The zero-order chi connectivity index (χ0) is 8.60. The van der Waals surface area contributed by atoms with Gasteiger partial charge in [0.05, 0.1) is 0 Å². The number of rotatable bonds is 0. The molecule has 2 rings (SSSR count). The molecule has 0 saturated heterocycles. The average Bonchev–Trinajstić information content (AvgIpc) is 2.41. The fourth-order valence-corrected chi connectivity index (χ4v) is 2.20. The minimum atomic E-state index is 0.291. The number of hydrogen-bond donors (Lipinski definition) is 0. The first kappa shape index (κ1) is 7.78. The maximum Gasteiger partial charge on any atom is 0.155 e. The van der Waals surface area contributed by atoms with Crippen LogP contribution in [0.3, 0.4) is 0 Å². The third kappa shape index (κ3) is 1.04. The summed E-state index contributed by atoms with van der Waals surface area (Å²) >= 11 is 0. The summed E-state index contributed by atoms with van der Waals surface area (Å²) < 4.78 is 0. The van der Waals surface area contributed by atoms with Crippen LogP contribution < -0.4 is 0 Å². The number of carbonyl (C=O) groups excluding carboxylic acids is 1. The second-order valence-corrected chi connectivity index (χ2v) is 3.95. The zero-order valence-corrected chi connectivity index (χ0v) is 7.42. The first-order valence-corrected chi connectivity index (χ1v) is 4.62. The molecule has 2 aliphatic carbocycles. The summed E-state index contributed by atoms with van der Waals surface area (Å²) in [6.07, 6.45) is 11.3. The SMILES string of the molecule is C[C@H]1C=CC[C@]12C=CC(=O)CC2. The van der Waals surface area contributed by atoms with E-state index in [1.54, 1.807) is 6.08 Å². The molecule has 64 valence electrons. The van der Waals surface area contributed by atoms with Gasteiger partial charge in [-0.15, -0.1) is 0 Å². The van der Waals surface area contributed by atoms with Gasteiger partial charge in [-0.2, -0.15) is 0 Å². The van der Waals surface area contributed by atoms with Crippen LogP contribution in [0.4, 0.5) is 0 Å². The molecule has 0 N–H and O–H groups in total. The molecule has 0 unspecified atom stereocenters. The second-order valence-electron chi connectivity index (χ2n) is 3.95. The standard InChI is InChI=1S/C11H14O/c1-9-3-2-6-11(9)7-4-10(12)5-8-11/h2-4,7,9H,5-6,8H2,1H3/t9-,11+/m0/s1. The van der Waals surface area contributed by atoms with E-state index in [-0.39, 0.29) is 0 Å². The Morgan fingerprint density at radius 1 is 1.58 bits per heavy atom. The summed E-state index contributed by atoms with van der Waals surface area (Å²) in [5.74, 6) is 0.904. The Kier molecular flexibility index (Phi) is 1.67. The molecule has 0 fully saturated rings. The lowest BCUT2D eigenvalue weighted by Crippen LogP contribution is -2.25. The molecule has 0 aliphatic heterocycles. The van der Waals surface area contributed by atoms with Crippen molar-refractivity contribution in [2.24, 2.45) is 11.3 Å². The highest BCUT2D eigenvalue weighted by molar-refractivity contribution is 5.90. The van der Waals surface area contributed by atoms with E-state index < -0.39 is 0 Å². The van der Waals surface area contributed by atoms with Gasteiger partial charge in [-0.25, -0.2) is 0 Å². The maximum absolute atomic E-state index is 11.0. The number of carbonyl (C=O) groups is 1. The molecule has 0 amide bonds.